The molecule has 1 aromatic carbocycles. The summed E-state index contributed by atoms with van der Waals surface area (Å²) < 4.78 is 5.31. The number of rotatable bonds is 3. The third kappa shape index (κ3) is 2.52. The Balaban J connectivity index is 2.54. The molecule has 0 saturated heterocycles. The zero-order valence-electron chi connectivity index (χ0n) is 10.3. The minimum absolute atomic E-state index is 0.278. The van der Waals surface area contributed by atoms with Crippen LogP contribution in [0.5, 0.6) is 0 Å². The van der Waals surface area contributed by atoms with Crippen LogP contribution in [0.4, 0.5) is 5.69 Å². The average Bonchev–Trinajstić information content (AvgIpc) is 2.29. The predicted molar refractivity (Wildman–Crippen MR) is 72.5 cm³/mol. The number of fused-ring (bicyclic) bond motifs is 1. The summed E-state index contributed by atoms with van der Waals surface area (Å²) in [5, 5.41) is 3.96. The Morgan fingerprint density at radius 2 is 2.06 bits per heavy atom. The van der Waals surface area contributed by atoms with Crippen LogP contribution in [-0.2, 0) is 0 Å². The summed E-state index contributed by atoms with van der Waals surface area (Å²) in [6.45, 7) is 4.07. The van der Waals surface area contributed by atoms with Crippen LogP contribution in [0.1, 0.15) is 13.8 Å². The van der Waals surface area contributed by atoms with Gasteiger partial charge >= 0.3 is 5.63 Å². The molecule has 87 valence electrons. The van der Waals surface area contributed by atoms with Crippen molar-refractivity contribution < 1.29 is 4.42 Å². The molecule has 1 radical (unpaired) electrons. The van der Waals surface area contributed by atoms with Gasteiger partial charge in [-0.2, -0.15) is 0 Å². The van der Waals surface area contributed by atoms with Crippen LogP contribution in [0.25, 0.3) is 11.0 Å². The molecule has 2 rings (SSSR count). The molecule has 0 bridgehead atoms. The maximum absolute atomic E-state index is 11.7. The van der Waals surface area contributed by atoms with Crippen molar-refractivity contribution in [3.8, 4) is 0 Å². The molecule has 0 aliphatic heterocycles. The van der Waals surface area contributed by atoms with Crippen LogP contribution in [0, 0.1) is 0 Å². The van der Waals surface area contributed by atoms with Crippen molar-refractivity contribution in [3.63, 3.8) is 0 Å². The van der Waals surface area contributed by atoms with Gasteiger partial charge in [-0.1, -0.05) is 25.7 Å². The Morgan fingerprint density at radius 3 is 2.71 bits per heavy atom. The third-order valence-corrected chi connectivity index (χ3v) is 2.56. The van der Waals surface area contributed by atoms with Gasteiger partial charge in [0.1, 0.15) is 5.58 Å². The van der Waals surface area contributed by atoms with Gasteiger partial charge in [-0.25, -0.2) is 4.79 Å². The monoisotopic (exact) mass is 228 g/mol. The van der Waals surface area contributed by atoms with Gasteiger partial charge in [-0.15, -0.1) is 0 Å². The maximum Gasteiger partial charge on any atom is 0.329 e. The lowest BCUT2D eigenvalue weighted by Crippen LogP contribution is -2.31. The Hall–Kier alpha value is -1.71. The van der Waals surface area contributed by atoms with Gasteiger partial charge in [0, 0.05) is 24.2 Å². The molecular weight excluding hydrogens is 213 g/mol. The molecule has 0 amide bonds. The summed E-state index contributed by atoms with van der Waals surface area (Å²) in [6, 6.07) is 7.61. The molecule has 2 aromatic rings. The maximum atomic E-state index is 11.7. The van der Waals surface area contributed by atoms with E-state index in [1.807, 2.05) is 52.4 Å². The molecule has 4 heteroatoms. The lowest BCUT2D eigenvalue weighted by Gasteiger charge is -2.05. The fourth-order valence-electron chi connectivity index (χ4n) is 1.76. The van der Waals surface area contributed by atoms with Crippen molar-refractivity contribution in [1.29, 1.82) is 0 Å². The standard InChI is InChI=1S/C13H15BNO2/c1-8(2)14-11-6-9-4-5-10(15-3)7-12(9)17-13(11)16/h4-8,15H,1-3H3. The Kier molecular flexibility index (Phi) is 3.22. The first kappa shape index (κ1) is 11.8. The number of benzene rings is 1. The van der Waals surface area contributed by atoms with E-state index >= 15 is 0 Å². The van der Waals surface area contributed by atoms with Crippen molar-refractivity contribution in [2.75, 3.05) is 12.4 Å². The number of anilines is 1. The first-order chi connectivity index (χ1) is 8.10. The van der Waals surface area contributed by atoms with E-state index in [2.05, 4.69) is 5.32 Å². The fraction of sp³-hybridized carbons (Fsp3) is 0.308. The Labute approximate surface area is 101 Å². The molecule has 1 aromatic heterocycles. The zero-order valence-corrected chi connectivity index (χ0v) is 10.3. The van der Waals surface area contributed by atoms with Gasteiger partial charge in [-0.3, -0.25) is 0 Å². The molecule has 0 aliphatic rings. The highest BCUT2D eigenvalue weighted by atomic mass is 16.4. The lowest BCUT2D eigenvalue weighted by molar-refractivity contribution is 0.566. The average molecular weight is 228 g/mol. The van der Waals surface area contributed by atoms with E-state index in [0.29, 0.717) is 16.9 Å². The molecule has 0 atom stereocenters. The van der Waals surface area contributed by atoms with E-state index in [1.165, 1.54) is 0 Å². The van der Waals surface area contributed by atoms with Crippen molar-refractivity contribution in [3.05, 3.63) is 34.7 Å². The molecule has 1 N–H and O–H groups in total. The van der Waals surface area contributed by atoms with E-state index in [4.69, 9.17) is 4.42 Å². The minimum atomic E-state index is -0.278. The second kappa shape index (κ2) is 4.66. The third-order valence-electron chi connectivity index (χ3n) is 2.56. The molecule has 0 unspecified atom stereocenters. The number of hydrogen-bond donors (Lipinski definition) is 1. The van der Waals surface area contributed by atoms with E-state index in [1.54, 1.807) is 0 Å². The van der Waals surface area contributed by atoms with Gasteiger partial charge in [0.25, 0.3) is 0 Å². The fourth-order valence-corrected chi connectivity index (χ4v) is 1.76. The second-order valence-electron chi connectivity index (χ2n) is 4.40. The highest BCUT2D eigenvalue weighted by Crippen LogP contribution is 2.16. The van der Waals surface area contributed by atoms with E-state index in [-0.39, 0.29) is 5.63 Å². The largest absolute Gasteiger partial charge is 0.423 e. The van der Waals surface area contributed by atoms with Crippen LogP contribution in [0.3, 0.4) is 0 Å². The molecular formula is C13H15BNO2. The molecule has 17 heavy (non-hydrogen) atoms. The quantitative estimate of drug-likeness (QED) is 0.645. The van der Waals surface area contributed by atoms with Crippen LogP contribution in [0.15, 0.2) is 33.5 Å². The van der Waals surface area contributed by atoms with Gasteiger partial charge in [-0.05, 0) is 17.6 Å². The highest BCUT2D eigenvalue weighted by molar-refractivity contribution is 6.54. The van der Waals surface area contributed by atoms with E-state index in [0.717, 1.165) is 11.1 Å². The number of nitrogens with one attached hydrogen (secondary N) is 1. The summed E-state index contributed by atoms with van der Waals surface area (Å²) in [5.74, 6) is 0.326. The van der Waals surface area contributed by atoms with Crippen molar-refractivity contribution in [1.82, 2.24) is 0 Å². The van der Waals surface area contributed by atoms with Gasteiger partial charge in [0.15, 0.2) is 7.28 Å². The SMILES string of the molecule is CNc1ccc2cc([B]C(C)C)c(=O)oc2c1. The first-order valence-corrected chi connectivity index (χ1v) is 5.70. The highest BCUT2D eigenvalue weighted by Gasteiger charge is 2.08. The van der Waals surface area contributed by atoms with Crippen LogP contribution in [0.2, 0.25) is 5.82 Å². The summed E-state index contributed by atoms with van der Waals surface area (Å²) in [6.07, 6.45) is 0. The van der Waals surface area contributed by atoms with E-state index in [9.17, 15) is 4.79 Å². The summed E-state index contributed by atoms with van der Waals surface area (Å²) in [5.41, 5.74) is 1.90. The van der Waals surface area contributed by atoms with E-state index < -0.39 is 0 Å². The Bertz CT molecular complexity index is 589. The molecule has 0 saturated carbocycles. The molecule has 1 heterocycles. The summed E-state index contributed by atoms with van der Waals surface area (Å²) in [4.78, 5) is 11.7. The van der Waals surface area contributed by atoms with Gasteiger partial charge in [0.05, 0.1) is 0 Å². The predicted octanol–water partition coefficient (Wildman–Crippen LogP) is 1.99. The Morgan fingerprint density at radius 1 is 1.29 bits per heavy atom. The topological polar surface area (TPSA) is 42.2 Å². The van der Waals surface area contributed by atoms with Gasteiger partial charge in [0.2, 0.25) is 0 Å². The van der Waals surface area contributed by atoms with Crippen molar-refractivity contribution in [2.24, 2.45) is 0 Å². The van der Waals surface area contributed by atoms with Crippen molar-refractivity contribution >= 4 is 29.4 Å². The van der Waals surface area contributed by atoms with Crippen molar-refractivity contribution in [2.45, 2.75) is 19.7 Å². The zero-order chi connectivity index (χ0) is 12.4. The minimum Gasteiger partial charge on any atom is -0.423 e. The number of hydrogen-bond acceptors (Lipinski definition) is 3. The van der Waals surface area contributed by atoms with Crippen LogP contribution >= 0.6 is 0 Å². The lowest BCUT2D eigenvalue weighted by atomic mass is 9.61. The normalized spacial score (nSPS) is 10.8. The molecule has 0 spiro atoms. The molecule has 0 fully saturated rings. The van der Waals surface area contributed by atoms with Crippen LogP contribution in [-0.4, -0.2) is 14.3 Å². The molecule has 0 aliphatic carbocycles. The summed E-state index contributed by atoms with van der Waals surface area (Å²) >= 11 is 0. The van der Waals surface area contributed by atoms with Gasteiger partial charge < -0.3 is 9.73 Å². The summed E-state index contributed by atoms with van der Waals surface area (Å²) in [7, 11) is 3.75. The smallest absolute Gasteiger partial charge is 0.329 e. The van der Waals surface area contributed by atoms with Crippen LogP contribution < -0.4 is 16.4 Å². The first-order valence-electron chi connectivity index (χ1n) is 5.70. The molecule has 3 nitrogen and oxygen atoms in total. The second-order valence-corrected chi connectivity index (χ2v) is 4.40.